The Balaban J connectivity index is 1.76. The minimum Gasteiger partial charge on any atom is -0.337 e. The van der Waals surface area contributed by atoms with E-state index in [0.717, 1.165) is 22.3 Å². The number of rotatable bonds is 4. The summed E-state index contributed by atoms with van der Waals surface area (Å²) in [7, 11) is 1.74. The fraction of sp³-hybridized carbons (Fsp3) is 0.250. The summed E-state index contributed by atoms with van der Waals surface area (Å²) in [6, 6.07) is 13.7. The Labute approximate surface area is 147 Å². The molecule has 128 valence electrons. The smallest absolute Gasteiger partial charge is 0.254 e. The highest BCUT2D eigenvalue weighted by Gasteiger charge is 2.18. The first-order chi connectivity index (χ1) is 12.0. The summed E-state index contributed by atoms with van der Waals surface area (Å²) >= 11 is 0. The lowest BCUT2D eigenvalue weighted by atomic mass is 10.0. The Bertz CT molecular complexity index is 915. The molecule has 5 nitrogen and oxygen atoms in total. The topological polar surface area (TPSA) is 59.2 Å². The van der Waals surface area contributed by atoms with E-state index in [2.05, 4.69) is 10.1 Å². The fourth-order valence-corrected chi connectivity index (χ4v) is 2.79. The number of aryl methyl sites for hydroxylation is 3. The Kier molecular flexibility index (Phi) is 4.65. The lowest BCUT2D eigenvalue weighted by molar-refractivity contribution is 0.0769. The molecule has 2 aromatic carbocycles. The van der Waals surface area contributed by atoms with Crippen LogP contribution in [0.25, 0.3) is 11.4 Å². The van der Waals surface area contributed by atoms with Gasteiger partial charge in [0.25, 0.3) is 5.91 Å². The largest absolute Gasteiger partial charge is 0.337 e. The van der Waals surface area contributed by atoms with Crippen molar-refractivity contribution in [3.63, 3.8) is 0 Å². The van der Waals surface area contributed by atoms with Crippen LogP contribution in [0.4, 0.5) is 0 Å². The van der Waals surface area contributed by atoms with E-state index in [9.17, 15) is 4.79 Å². The number of benzene rings is 2. The third kappa shape index (κ3) is 3.60. The number of nitrogens with zero attached hydrogens (tertiary/aromatic N) is 3. The SMILES string of the molecule is Cc1ccc(C(=O)N(C)Cc2nc(-c3ccccc3C)no2)c(C)c1. The molecule has 3 aromatic rings. The van der Waals surface area contributed by atoms with Crippen molar-refractivity contribution in [3.05, 3.63) is 70.6 Å². The molecule has 0 atom stereocenters. The van der Waals surface area contributed by atoms with Crippen molar-refractivity contribution in [2.75, 3.05) is 7.05 Å². The second kappa shape index (κ2) is 6.89. The van der Waals surface area contributed by atoms with E-state index in [4.69, 9.17) is 4.52 Å². The average molecular weight is 335 g/mol. The maximum absolute atomic E-state index is 12.6. The quantitative estimate of drug-likeness (QED) is 0.725. The van der Waals surface area contributed by atoms with Crippen LogP contribution in [-0.4, -0.2) is 28.0 Å². The van der Waals surface area contributed by atoms with Crippen molar-refractivity contribution >= 4 is 5.91 Å². The Morgan fingerprint density at radius 1 is 1.08 bits per heavy atom. The van der Waals surface area contributed by atoms with Crippen LogP contribution in [0.2, 0.25) is 0 Å². The minimum absolute atomic E-state index is 0.0619. The Hall–Kier alpha value is -2.95. The number of carbonyl (C=O) groups is 1. The van der Waals surface area contributed by atoms with Gasteiger partial charge in [-0.3, -0.25) is 4.79 Å². The van der Waals surface area contributed by atoms with Gasteiger partial charge in [0.1, 0.15) is 0 Å². The van der Waals surface area contributed by atoms with Gasteiger partial charge in [-0.05, 0) is 38.0 Å². The highest BCUT2D eigenvalue weighted by atomic mass is 16.5. The Morgan fingerprint density at radius 2 is 1.84 bits per heavy atom. The van der Waals surface area contributed by atoms with E-state index >= 15 is 0 Å². The maximum Gasteiger partial charge on any atom is 0.254 e. The maximum atomic E-state index is 12.6. The first-order valence-corrected chi connectivity index (χ1v) is 8.17. The molecule has 5 heteroatoms. The summed E-state index contributed by atoms with van der Waals surface area (Å²) in [5.74, 6) is 0.896. The second-order valence-electron chi connectivity index (χ2n) is 6.31. The lowest BCUT2D eigenvalue weighted by Crippen LogP contribution is -2.27. The number of hydrogen-bond acceptors (Lipinski definition) is 4. The standard InChI is InChI=1S/C20H21N3O2/c1-13-9-10-17(15(3)11-13)20(24)23(4)12-18-21-19(22-25-18)16-8-6-5-7-14(16)2/h5-11H,12H2,1-4H3. The highest BCUT2D eigenvalue weighted by molar-refractivity contribution is 5.95. The summed E-state index contributed by atoms with van der Waals surface area (Å²) in [5, 5.41) is 4.04. The van der Waals surface area contributed by atoms with E-state index in [1.807, 2.05) is 63.2 Å². The summed E-state index contributed by atoms with van der Waals surface area (Å²) in [6.07, 6.45) is 0. The third-order valence-electron chi connectivity index (χ3n) is 4.19. The zero-order valence-electron chi connectivity index (χ0n) is 14.9. The molecule has 0 spiro atoms. The monoisotopic (exact) mass is 335 g/mol. The first-order valence-electron chi connectivity index (χ1n) is 8.17. The van der Waals surface area contributed by atoms with Crippen molar-refractivity contribution in [2.24, 2.45) is 0 Å². The van der Waals surface area contributed by atoms with Crippen LogP contribution >= 0.6 is 0 Å². The van der Waals surface area contributed by atoms with Crippen molar-refractivity contribution in [1.29, 1.82) is 0 Å². The molecular weight excluding hydrogens is 314 g/mol. The molecule has 1 amide bonds. The van der Waals surface area contributed by atoms with Gasteiger partial charge in [0, 0.05) is 18.2 Å². The molecule has 1 heterocycles. The molecule has 0 aliphatic carbocycles. The number of amides is 1. The zero-order chi connectivity index (χ0) is 18.0. The number of carbonyl (C=O) groups excluding carboxylic acids is 1. The van der Waals surface area contributed by atoms with Gasteiger partial charge in [0.05, 0.1) is 6.54 Å². The number of hydrogen-bond donors (Lipinski definition) is 0. The van der Waals surface area contributed by atoms with Crippen LogP contribution in [-0.2, 0) is 6.54 Å². The van der Waals surface area contributed by atoms with Gasteiger partial charge >= 0.3 is 0 Å². The normalized spacial score (nSPS) is 10.7. The molecule has 0 saturated carbocycles. The summed E-state index contributed by atoms with van der Waals surface area (Å²) in [6.45, 7) is 6.22. The van der Waals surface area contributed by atoms with Gasteiger partial charge in [-0.1, -0.05) is 47.1 Å². The molecule has 1 aromatic heterocycles. The molecule has 25 heavy (non-hydrogen) atoms. The molecule has 0 aliphatic rings. The average Bonchev–Trinajstić information content (AvgIpc) is 3.03. The van der Waals surface area contributed by atoms with Gasteiger partial charge in [-0.15, -0.1) is 0 Å². The molecule has 0 saturated heterocycles. The predicted octanol–water partition coefficient (Wildman–Crippen LogP) is 3.93. The van der Waals surface area contributed by atoms with Crippen molar-refractivity contribution in [2.45, 2.75) is 27.3 Å². The Morgan fingerprint density at radius 3 is 2.56 bits per heavy atom. The minimum atomic E-state index is -0.0619. The van der Waals surface area contributed by atoms with E-state index in [1.54, 1.807) is 11.9 Å². The van der Waals surface area contributed by atoms with Gasteiger partial charge in [-0.2, -0.15) is 4.98 Å². The van der Waals surface area contributed by atoms with Gasteiger partial charge in [-0.25, -0.2) is 0 Å². The van der Waals surface area contributed by atoms with Gasteiger partial charge < -0.3 is 9.42 Å². The molecule has 0 unspecified atom stereocenters. The van der Waals surface area contributed by atoms with E-state index in [0.29, 0.717) is 17.3 Å². The zero-order valence-corrected chi connectivity index (χ0v) is 14.9. The van der Waals surface area contributed by atoms with E-state index < -0.39 is 0 Å². The van der Waals surface area contributed by atoms with Crippen molar-refractivity contribution in [3.8, 4) is 11.4 Å². The molecular formula is C20H21N3O2. The van der Waals surface area contributed by atoms with Gasteiger partial charge in [0.2, 0.25) is 11.7 Å². The van der Waals surface area contributed by atoms with Crippen molar-refractivity contribution in [1.82, 2.24) is 15.0 Å². The molecule has 0 aliphatic heterocycles. The third-order valence-corrected chi connectivity index (χ3v) is 4.19. The predicted molar refractivity (Wildman–Crippen MR) is 96.2 cm³/mol. The molecule has 0 fully saturated rings. The molecule has 3 rings (SSSR count). The molecule has 0 bridgehead atoms. The second-order valence-corrected chi connectivity index (χ2v) is 6.31. The van der Waals surface area contributed by atoms with E-state index in [1.165, 1.54) is 0 Å². The van der Waals surface area contributed by atoms with Crippen LogP contribution in [0.15, 0.2) is 47.0 Å². The molecule has 0 radical (unpaired) electrons. The molecule has 0 N–H and O–H groups in total. The van der Waals surface area contributed by atoms with Crippen molar-refractivity contribution < 1.29 is 9.32 Å². The van der Waals surface area contributed by atoms with Gasteiger partial charge in [0.15, 0.2) is 0 Å². The fourth-order valence-electron chi connectivity index (χ4n) is 2.79. The van der Waals surface area contributed by atoms with Crippen LogP contribution < -0.4 is 0 Å². The van der Waals surface area contributed by atoms with Crippen LogP contribution in [0, 0.1) is 20.8 Å². The summed E-state index contributed by atoms with van der Waals surface area (Å²) in [5.41, 5.74) is 4.79. The van der Waals surface area contributed by atoms with Crippen LogP contribution in [0.3, 0.4) is 0 Å². The first kappa shape index (κ1) is 16.9. The highest BCUT2D eigenvalue weighted by Crippen LogP contribution is 2.20. The lowest BCUT2D eigenvalue weighted by Gasteiger charge is -2.16. The van der Waals surface area contributed by atoms with E-state index in [-0.39, 0.29) is 12.5 Å². The van der Waals surface area contributed by atoms with Crippen LogP contribution in [0.5, 0.6) is 0 Å². The number of aromatic nitrogens is 2. The van der Waals surface area contributed by atoms with Crippen LogP contribution in [0.1, 0.15) is 32.9 Å². The summed E-state index contributed by atoms with van der Waals surface area (Å²) in [4.78, 5) is 18.7. The summed E-state index contributed by atoms with van der Waals surface area (Å²) < 4.78 is 5.33.